The maximum Gasteiger partial charge on any atom is 0.306 e. The minimum atomic E-state index is -0.785. The standard InChI is InChI=1S/C53H103NO5/c1-4-7-10-13-16-19-21-23-25-27-29-31-34-37-40-43-46-53(58)59-49(44-41-38-35-32-18-15-12-9-6-3)47-52(57)54-50(48-55)51(56)45-42-39-36-33-30-28-26-24-22-20-17-14-11-8-5-2/h15,18,49-51,55-56H,4-14,16-17,19-48H2,1-3H3,(H,54,57)/b18-15-. The quantitative estimate of drug-likeness (QED) is 0.0322. The molecule has 0 spiro atoms. The molecule has 0 aliphatic heterocycles. The Morgan fingerprint density at radius 2 is 0.831 bits per heavy atom. The van der Waals surface area contributed by atoms with Gasteiger partial charge in [-0.3, -0.25) is 9.59 Å². The number of rotatable bonds is 48. The Bertz CT molecular complexity index is 893. The molecule has 6 nitrogen and oxygen atoms in total. The fourth-order valence-electron chi connectivity index (χ4n) is 8.30. The molecular weight excluding hydrogens is 731 g/mol. The van der Waals surface area contributed by atoms with E-state index < -0.39 is 18.2 Å². The van der Waals surface area contributed by atoms with Gasteiger partial charge in [-0.1, -0.05) is 245 Å². The first kappa shape index (κ1) is 57.6. The maximum absolute atomic E-state index is 13.2. The molecule has 0 heterocycles. The lowest BCUT2D eigenvalue weighted by Crippen LogP contribution is -2.46. The van der Waals surface area contributed by atoms with Crippen molar-refractivity contribution in [1.82, 2.24) is 5.32 Å². The number of hydrogen-bond donors (Lipinski definition) is 3. The van der Waals surface area contributed by atoms with Gasteiger partial charge in [0.15, 0.2) is 0 Å². The van der Waals surface area contributed by atoms with Gasteiger partial charge in [0, 0.05) is 6.42 Å². The van der Waals surface area contributed by atoms with Gasteiger partial charge in [-0.05, 0) is 44.9 Å². The summed E-state index contributed by atoms with van der Waals surface area (Å²) in [5.74, 6) is -0.474. The van der Waals surface area contributed by atoms with Crippen molar-refractivity contribution in [3.8, 4) is 0 Å². The van der Waals surface area contributed by atoms with Crippen LogP contribution in [0.2, 0.25) is 0 Å². The summed E-state index contributed by atoms with van der Waals surface area (Å²) >= 11 is 0. The van der Waals surface area contributed by atoms with Crippen LogP contribution in [-0.4, -0.2) is 46.9 Å². The van der Waals surface area contributed by atoms with Gasteiger partial charge < -0.3 is 20.3 Å². The van der Waals surface area contributed by atoms with E-state index in [4.69, 9.17) is 4.74 Å². The van der Waals surface area contributed by atoms with Gasteiger partial charge in [0.2, 0.25) is 5.91 Å². The number of unbranched alkanes of at least 4 members (excludes halogenated alkanes) is 34. The molecule has 350 valence electrons. The summed E-state index contributed by atoms with van der Waals surface area (Å²) < 4.78 is 5.91. The summed E-state index contributed by atoms with van der Waals surface area (Å²) in [4.78, 5) is 26.1. The Morgan fingerprint density at radius 1 is 0.475 bits per heavy atom. The van der Waals surface area contributed by atoms with E-state index in [2.05, 4.69) is 38.2 Å². The van der Waals surface area contributed by atoms with Gasteiger partial charge in [0.1, 0.15) is 6.10 Å². The van der Waals surface area contributed by atoms with Crippen molar-refractivity contribution in [2.45, 2.75) is 309 Å². The molecule has 0 saturated heterocycles. The largest absolute Gasteiger partial charge is 0.462 e. The van der Waals surface area contributed by atoms with E-state index in [9.17, 15) is 19.8 Å². The molecule has 0 fully saturated rings. The number of aliphatic hydroxyl groups is 2. The van der Waals surface area contributed by atoms with Crippen LogP contribution in [0.25, 0.3) is 0 Å². The van der Waals surface area contributed by atoms with Crippen molar-refractivity contribution in [3.63, 3.8) is 0 Å². The second kappa shape index (κ2) is 47.6. The van der Waals surface area contributed by atoms with Crippen molar-refractivity contribution >= 4 is 11.9 Å². The zero-order valence-electron chi connectivity index (χ0n) is 39.9. The van der Waals surface area contributed by atoms with Crippen molar-refractivity contribution < 1.29 is 24.5 Å². The third-order valence-electron chi connectivity index (χ3n) is 12.3. The molecular formula is C53H103NO5. The normalized spacial score (nSPS) is 13.2. The minimum Gasteiger partial charge on any atom is -0.462 e. The van der Waals surface area contributed by atoms with Crippen LogP contribution in [0.1, 0.15) is 290 Å². The van der Waals surface area contributed by atoms with Gasteiger partial charge in [-0.2, -0.15) is 0 Å². The summed E-state index contributed by atoms with van der Waals surface area (Å²) in [6.45, 7) is 6.46. The van der Waals surface area contributed by atoms with Gasteiger partial charge in [0.05, 0.1) is 25.2 Å². The molecule has 3 atom stereocenters. The van der Waals surface area contributed by atoms with Gasteiger partial charge >= 0.3 is 5.97 Å². The zero-order chi connectivity index (χ0) is 43.1. The van der Waals surface area contributed by atoms with Gasteiger partial charge in [-0.15, -0.1) is 0 Å². The molecule has 0 bridgehead atoms. The second-order valence-electron chi connectivity index (χ2n) is 18.3. The first-order chi connectivity index (χ1) is 29.0. The SMILES string of the molecule is CCCC/C=C\CCCCCC(CC(=O)NC(CO)C(O)CCCCCCCCCCCCCCCCC)OC(=O)CCCCCCCCCCCCCCCCCC. The van der Waals surface area contributed by atoms with Crippen molar-refractivity contribution in [3.05, 3.63) is 12.2 Å². The van der Waals surface area contributed by atoms with Crippen LogP contribution in [0.4, 0.5) is 0 Å². The third-order valence-corrected chi connectivity index (χ3v) is 12.3. The van der Waals surface area contributed by atoms with Crippen molar-refractivity contribution in [2.75, 3.05) is 6.61 Å². The van der Waals surface area contributed by atoms with E-state index in [1.54, 1.807) is 0 Å². The van der Waals surface area contributed by atoms with E-state index in [1.165, 1.54) is 180 Å². The highest BCUT2D eigenvalue weighted by molar-refractivity contribution is 5.77. The Kier molecular flexibility index (Phi) is 46.5. The van der Waals surface area contributed by atoms with E-state index in [-0.39, 0.29) is 24.9 Å². The maximum atomic E-state index is 13.2. The second-order valence-corrected chi connectivity index (χ2v) is 18.3. The fourth-order valence-corrected chi connectivity index (χ4v) is 8.30. The van der Waals surface area contributed by atoms with E-state index in [0.717, 1.165) is 64.2 Å². The molecule has 3 N–H and O–H groups in total. The monoisotopic (exact) mass is 834 g/mol. The van der Waals surface area contributed by atoms with Crippen LogP contribution in [0, 0.1) is 0 Å². The summed E-state index contributed by atoms with van der Waals surface area (Å²) in [5, 5.41) is 23.8. The Morgan fingerprint density at radius 3 is 1.25 bits per heavy atom. The highest BCUT2D eigenvalue weighted by atomic mass is 16.5. The smallest absolute Gasteiger partial charge is 0.306 e. The number of aliphatic hydroxyl groups excluding tert-OH is 2. The number of allylic oxidation sites excluding steroid dienone is 2. The lowest BCUT2D eigenvalue weighted by molar-refractivity contribution is -0.151. The first-order valence-corrected chi connectivity index (χ1v) is 26.4. The fraction of sp³-hybridized carbons (Fsp3) is 0.925. The highest BCUT2D eigenvalue weighted by Gasteiger charge is 2.24. The summed E-state index contributed by atoms with van der Waals surface area (Å²) in [6.07, 6.45) is 52.8. The number of hydrogen-bond acceptors (Lipinski definition) is 5. The number of esters is 1. The van der Waals surface area contributed by atoms with Gasteiger partial charge in [0.25, 0.3) is 0 Å². The number of amides is 1. The lowest BCUT2D eigenvalue weighted by atomic mass is 10.0. The Balaban J connectivity index is 4.40. The molecule has 0 aromatic rings. The third kappa shape index (κ3) is 43.1. The number of ether oxygens (including phenoxy) is 1. The van der Waals surface area contributed by atoms with Crippen molar-refractivity contribution in [1.29, 1.82) is 0 Å². The van der Waals surface area contributed by atoms with Crippen LogP contribution < -0.4 is 5.32 Å². The molecule has 0 rings (SSSR count). The van der Waals surface area contributed by atoms with Crippen LogP contribution in [0.5, 0.6) is 0 Å². The van der Waals surface area contributed by atoms with Gasteiger partial charge in [-0.25, -0.2) is 0 Å². The topological polar surface area (TPSA) is 95.9 Å². The van der Waals surface area contributed by atoms with Crippen molar-refractivity contribution in [2.24, 2.45) is 0 Å². The molecule has 0 aliphatic carbocycles. The molecule has 0 aromatic carbocycles. The van der Waals surface area contributed by atoms with Crippen LogP contribution in [-0.2, 0) is 14.3 Å². The van der Waals surface area contributed by atoms with E-state index in [1.807, 2.05) is 0 Å². The molecule has 6 heteroatoms. The van der Waals surface area contributed by atoms with E-state index in [0.29, 0.717) is 19.3 Å². The van der Waals surface area contributed by atoms with Crippen LogP contribution in [0.15, 0.2) is 12.2 Å². The average molecular weight is 834 g/mol. The lowest BCUT2D eigenvalue weighted by Gasteiger charge is -2.24. The zero-order valence-corrected chi connectivity index (χ0v) is 39.9. The summed E-state index contributed by atoms with van der Waals surface area (Å²) in [5.41, 5.74) is 0. The first-order valence-electron chi connectivity index (χ1n) is 26.4. The molecule has 59 heavy (non-hydrogen) atoms. The highest BCUT2D eigenvalue weighted by Crippen LogP contribution is 2.18. The predicted molar refractivity (Wildman–Crippen MR) is 255 cm³/mol. The molecule has 0 saturated carbocycles. The average Bonchev–Trinajstić information content (AvgIpc) is 3.23. The van der Waals surface area contributed by atoms with Crippen LogP contribution >= 0.6 is 0 Å². The Hall–Kier alpha value is -1.40. The number of nitrogens with one attached hydrogen (secondary N) is 1. The van der Waals surface area contributed by atoms with Crippen LogP contribution in [0.3, 0.4) is 0 Å². The van der Waals surface area contributed by atoms with E-state index >= 15 is 0 Å². The minimum absolute atomic E-state index is 0.0732. The molecule has 0 aromatic heterocycles. The molecule has 0 aliphatic rings. The predicted octanol–water partition coefficient (Wildman–Crippen LogP) is 15.7. The molecule has 0 radical (unpaired) electrons. The summed E-state index contributed by atoms with van der Waals surface area (Å²) in [6, 6.07) is -0.699. The Labute approximate surface area is 368 Å². The molecule has 3 unspecified atom stereocenters. The number of carbonyl (C=O) groups excluding carboxylic acids is 2. The molecule has 1 amide bonds. The summed E-state index contributed by atoms with van der Waals surface area (Å²) in [7, 11) is 0. The number of carbonyl (C=O) groups is 2.